The highest BCUT2D eigenvalue weighted by Gasteiger charge is 2.27. The topological polar surface area (TPSA) is 99.1 Å². The SMILES string of the molecule is CC(c1noc(C(C)(C)N)n1)S(C)(=O)=O. The Morgan fingerprint density at radius 3 is 2.33 bits per heavy atom. The second-order valence-corrected chi connectivity index (χ2v) is 6.52. The first-order valence-electron chi connectivity index (χ1n) is 4.44. The molecule has 0 aliphatic heterocycles. The molecule has 0 saturated heterocycles. The molecular formula is C8H15N3O3S. The summed E-state index contributed by atoms with van der Waals surface area (Å²) in [7, 11) is -3.21. The van der Waals surface area contributed by atoms with Gasteiger partial charge in [-0.2, -0.15) is 4.98 Å². The first-order valence-corrected chi connectivity index (χ1v) is 6.39. The van der Waals surface area contributed by atoms with Crippen molar-refractivity contribution in [2.75, 3.05) is 6.26 Å². The van der Waals surface area contributed by atoms with Gasteiger partial charge in [0.25, 0.3) is 0 Å². The number of hydrogen-bond acceptors (Lipinski definition) is 6. The van der Waals surface area contributed by atoms with Crippen LogP contribution in [0.4, 0.5) is 0 Å². The van der Waals surface area contributed by atoms with Crippen molar-refractivity contribution in [3.05, 3.63) is 11.7 Å². The molecule has 1 unspecified atom stereocenters. The minimum atomic E-state index is -3.21. The minimum Gasteiger partial charge on any atom is -0.337 e. The fraction of sp³-hybridized carbons (Fsp3) is 0.750. The van der Waals surface area contributed by atoms with Gasteiger partial charge in [0.1, 0.15) is 5.25 Å². The molecule has 1 heterocycles. The van der Waals surface area contributed by atoms with Gasteiger partial charge in [-0.15, -0.1) is 0 Å². The summed E-state index contributed by atoms with van der Waals surface area (Å²) in [6, 6.07) is 0. The second kappa shape index (κ2) is 3.57. The average molecular weight is 233 g/mol. The highest BCUT2D eigenvalue weighted by Crippen LogP contribution is 2.21. The summed E-state index contributed by atoms with van der Waals surface area (Å²) in [6.45, 7) is 4.91. The zero-order valence-electron chi connectivity index (χ0n) is 9.18. The van der Waals surface area contributed by atoms with Gasteiger partial charge in [-0.3, -0.25) is 0 Å². The van der Waals surface area contributed by atoms with Crippen LogP contribution in [0.2, 0.25) is 0 Å². The molecule has 0 aliphatic rings. The Morgan fingerprint density at radius 1 is 1.47 bits per heavy atom. The molecule has 1 aromatic heterocycles. The molecule has 0 saturated carbocycles. The van der Waals surface area contributed by atoms with Gasteiger partial charge in [-0.1, -0.05) is 5.16 Å². The number of hydrogen-bond donors (Lipinski definition) is 1. The highest BCUT2D eigenvalue weighted by molar-refractivity contribution is 7.90. The van der Waals surface area contributed by atoms with Crippen LogP contribution in [0.3, 0.4) is 0 Å². The predicted octanol–water partition coefficient (Wildman–Crippen LogP) is 0.369. The predicted molar refractivity (Wildman–Crippen MR) is 54.8 cm³/mol. The molecule has 0 fully saturated rings. The van der Waals surface area contributed by atoms with Crippen molar-refractivity contribution in [2.45, 2.75) is 31.6 Å². The molecule has 2 N–H and O–H groups in total. The van der Waals surface area contributed by atoms with Gasteiger partial charge in [0.2, 0.25) is 5.89 Å². The number of rotatable bonds is 3. The van der Waals surface area contributed by atoms with Crippen molar-refractivity contribution in [3.63, 3.8) is 0 Å². The standard InChI is InChI=1S/C8H15N3O3S/c1-5(15(4,12)13)6-10-7(14-11-6)8(2,3)9/h5H,9H2,1-4H3. The lowest BCUT2D eigenvalue weighted by molar-refractivity contribution is 0.310. The number of aromatic nitrogens is 2. The van der Waals surface area contributed by atoms with Gasteiger partial charge in [0.15, 0.2) is 15.7 Å². The largest absolute Gasteiger partial charge is 0.337 e. The van der Waals surface area contributed by atoms with Crippen LogP contribution < -0.4 is 5.73 Å². The van der Waals surface area contributed by atoms with E-state index in [4.69, 9.17) is 10.3 Å². The van der Waals surface area contributed by atoms with E-state index in [1.165, 1.54) is 6.92 Å². The van der Waals surface area contributed by atoms with E-state index < -0.39 is 20.6 Å². The van der Waals surface area contributed by atoms with Gasteiger partial charge >= 0.3 is 0 Å². The third-order valence-corrected chi connectivity index (χ3v) is 3.49. The van der Waals surface area contributed by atoms with Crippen molar-refractivity contribution in [1.82, 2.24) is 10.1 Å². The maximum atomic E-state index is 11.2. The Kier molecular flexibility index (Phi) is 2.88. The maximum Gasteiger partial charge on any atom is 0.246 e. The molecule has 15 heavy (non-hydrogen) atoms. The summed E-state index contributed by atoms with van der Waals surface area (Å²) >= 11 is 0. The molecule has 7 heteroatoms. The lowest BCUT2D eigenvalue weighted by atomic mass is 10.1. The van der Waals surface area contributed by atoms with Crippen molar-refractivity contribution in [3.8, 4) is 0 Å². The quantitative estimate of drug-likeness (QED) is 0.809. The van der Waals surface area contributed by atoms with Crippen molar-refractivity contribution in [2.24, 2.45) is 5.73 Å². The summed E-state index contributed by atoms with van der Waals surface area (Å²) in [6.07, 6.45) is 1.13. The van der Waals surface area contributed by atoms with Gasteiger partial charge in [0.05, 0.1) is 5.54 Å². The Labute approximate surface area is 88.8 Å². The summed E-state index contributed by atoms with van der Waals surface area (Å²) in [5, 5.41) is 2.82. The molecule has 1 aromatic rings. The Bertz CT molecular complexity index is 444. The zero-order valence-corrected chi connectivity index (χ0v) is 10.00. The van der Waals surface area contributed by atoms with E-state index in [1.54, 1.807) is 13.8 Å². The van der Waals surface area contributed by atoms with Gasteiger partial charge in [0, 0.05) is 6.26 Å². The van der Waals surface area contributed by atoms with Gasteiger partial charge < -0.3 is 10.3 Å². The Morgan fingerprint density at radius 2 is 2.00 bits per heavy atom. The molecule has 0 bridgehead atoms. The van der Waals surface area contributed by atoms with Crippen molar-refractivity contribution < 1.29 is 12.9 Å². The summed E-state index contributed by atoms with van der Waals surface area (Å²) < 4.78 is 27.4. The number of sulfone groups is 1. The monoisotopic (exact) mass is 233 g/mol. The van der Waals surface area contributed by atoms with Crippen LogP contribution in [0.1, 0.15) is 37.7 Å². The summed E-state index contributed by atoms with van der Waals surface area (Å²) in [4.78, 5) is 3.97. The second-order valence-electron chi connectivity index (χ2n) is 4.15. The molecule has 0 radical (unpaired) electrons. The number of nitrogens with two attached hydrogens (primary N) is 1. The lowest BCUT2D eigenvalue weighted by Gasteiger charge is -2.11. The van der Waals surface area contributed by atoms with E-state index in [-0.39, 0.29) is 11.7 Å². The van der Waals surface area contributed by atoms with Crippen LogP contribution >= 0.6 is 0 Å². The highest BCUT2D eigenvalue weighted by atomic mass is 32.2. The van der Waals surface area contributed by atoms with E-state index in [0.29, 0.717) is 0 Å². The van der Waals surface area contributed by atoms with Crippen LogP contribution in [0.5, 0.6) is 0 Å². The molecule has 86 valence electrons. The summed E-state index contributed by atoms with van der Waals surface area (Å²) in [5.74, 6) is 0.374. The molecule has 0 aliphatic carbocycles. The molecule has 1 rings (SSSR count). The van der Waals surface area contributed by atoms with Gasteiger partial charge in [-0.05, 0) is 20.8 Å². The van der Waals surface area contributed by atoms with Gasteiger partial charge in [-0.25, -0.2) is 8.42 Å². The minimum absolute atomic E-state index is 0.144. The molecule has 6 nitrogen and oxygen atoms in total. The first-order chi connectivity index (χ1) is 6.62. The summed E-state index contributed by atoms with van der Waals surface area (Å²) in [5.41, 5.74) is 4.97. The van der Waals surface area contributed by atoms with E-state index in [1.807, 2.05) is 0 Å². The third kappa shape index (κ3) is 2.75. The fourth-order valence-electron chi connectivity index (χ4n) is 0.853. The van der Waals surface area contributed by atoms with Crippen LogP contribution in [-0.2, 0) is 15.4 Å². The van der Waals surface area contributed by atoms with Crippen molar-refractivity contribution >= 4 is 9.84 Å². The van der Waals surface area contributed by atoms with Crippen LogP contribution in [0.25, 0.3) is 0 Å². The van der Waals surface area contributed by atoms with Crippen LogP contribution in [0.15, 0.2) is 4.52 Å². The average Bonchev–Trinajstić information content (AvgIpc) is 2.47. The smallest absolute Gasteiger partial charge is 0.246 e. The maximum absolute atomic E-state index is 11.2. The molecule has 0 aromatic carbocycles. The van der Waals surface area contributed by atoms with E-state index in [9.17, 15) is 8.42 Å². The van der Waals surface area contributed by atoms with Crippen LogP contribution in [-0.4, -0.2) is 24.8 Å². The fourth-order valence-corrected chi connectivity index (χ4v) is 1.33. The third-order valence-electron chi connectivity index (χ3n) is 2.00. The molecule has 0 amide bonds. The van der Waals surface area contributed by atoms with E-state index >= 15 is 0 Å². The Hall–Kier alpha value is -0.950. The zero-order chi connectivity index (χ0) is 11.9. The van der Waals surface area contributed by atoms with E-state index in [0.717, 1.165) is 6.26 Å². The first kappa shape index (κ1) is 12.1. The molecule has 1 atom stereocenters. The lowest BCUT2D eigenvalue weighted by Crippen LogP contribution is -2.29. The Balaban J connectivity index is 3.06. The van der Waals surface area contributed by atoms with Crippen molar-refractivity contribution in [1.29, 1.82) is 0 Å². The molecular weight excluding hydrogens is 218 g/mol. The molecule has 0 spiro atoms. The van der Waals surface area contributed by atoms with Crippen LogP contribution in [0, 0.1) is 0 Å². The number of nitrogens with zero attached hydrogens (tertiary/aromatic N) is 2. The normalized spacial score (nSPS) is 15.3. The van der Waals surface area contributed by atoms with E-state index in [2.05, 4.69) is 10.1 Å².